The molecule has 0 radical (unpaired) electrons. The summed E-state index contributed by atoms with van der Waals surface area (Å²) in [5.41, 5.74) is 0. The van der Waals surface area contributed by atoms with Gasteiger partial charge in [-0.1, -0.05) is 29.8 Å². The van der Waals surface area contributed by atoms with Crippen molar-refractivity contribution in [2.24, 2.45) is 11.8 Å². The Kier molecular flexibility index (Phi) is 7.01. The van der Waals surface area contributed by atoms with Crippen LogP contribution in [-0.2, 0) is 0 Å². The van der Waals surface area contributed by atoms with Crippen molar-refractivity contribution >= 4 is 15.9 Å². The van der Waals surface area contributed by atoms with E-state index in [0.717, 1.165) is 11.8 Å². The summed E-state index contributed by atoms with van der Waals surface area (Å²) in [6.07, 6.45) is -0.525. The predicted molar refractivity (Wildman–Crippen MR) is 52.0 cm³/mol. The zero-order chi connectivity index (χ0) is 9.56. The van der Waals surface area contributed by atoms with Crippen molar-refractivity contribution in [1.82, 2.24) is 0 Å². The average Bonchev–Trinajstić information content (AvgIpc) is 1.96. The van der Waals surface area contributed by atoms with Gasteiger partial charge in [0.1, 0.15) is 0 Å². The van der Waals surface area contributed by atoms with Gasteiger partial charge in [0.05, 0.1) is 0 Å². The fraction of sp³-hybridized carbons (Fsp3) is 1.00. The average molecular weight is 243 g/mol. The summed E-state index contributed by atoms with van der Waals surface area (Å²) in [6, 6.07) is 0. The molecule has 0 aromatic heterocycles. The Bertz CT molecular complexity index is 105. The summed E-state index contributed by atoms with van der Waals surface area (Å²) in [4.78, 5) is 0. The van der Waals surface area contributed by atoms with Crippen molar-refractivity contribution < 1.29 is 8.78 Å². The van der Waals surface area contributed by atoms with Gasteiger partial charge in [0.25, 0.3) is 0 Å². The van der Waals surface area contributed by atoms with E-state index in [1.54, 1.807) is 0 Å². The molecule has 12 heavy (non-hydrogen) atoms. The first-order chi connectivity index (χ1) is 5.57. The number of hydrogen-bond acceptors (Lipinski definition) is 0. The highest BCUT2D eigenvalue weighted by Gasteiger charge is 2.12. The fourth-order valence-corrected chi connectivity index (χ4v) is 2.19. The smallest absolute Gasteiger partial charge is 0.211 e. The van der Waals surface area contributed by atoms with Crippen LogP contribution >= 0.6 is 15.9 Å². The third-order valence-corrected chi connectivity index (χ3v) is 2.97. The van der Waals surface area contributed by atoms with Gasteiger partial charge in [0.2, 0.25) is 6.43 Å². The van der Waals surface area contributed by atoms with Gasteiger partial charge in [-0.2, -0.15) is 0 Å². The molecule has 0 bridgehead atoms. The lowest BCUT2D eigenvalue weighted by molar-refractivity contribution is 0.131. The summed E-state index contributed by atoms with van der Waals surface area (Å²) in [6.45, 7) is 4.27. The first-order valence-electron chi connectivity index (χ1n) is 4.42. The van der Waals surface area contributed by atoms with E-state index in [1.165, 1.54) is 0 Å². The summed E-state index contributed by atoms with van der Waals surface area (Å²) in [5, 5.41) is 0.925. The molecule has 1 atom stereocenters. The molecule has 0 aromatic rings. The van der Waals surface area contributed by atoms with Crippen LogP contribution in [0.15, 0.2) is 0 Å². The maximum absolute atomic E-state index is 11.8. The largest absolute Gasteiger partial charge is 0.238 e. The van der Waals surface area contributed by atoms with Gasteiger partial charge in [-0.25, -0.2) is 8.78 Å². The molecule has 0 nitrogen and oxygen atoms in total. The highest BCUT2D eigenvalue weighted by Crippen LogP contribution is 2.21. The van der Waals surface area contributed by atoms with E-state index in [1.807, 2.05) is 0 Å². The van der Waals surface area contributed by atoms with E-state index in [9.17, 15) is 8.78 Å². The highest BCUT2D eigenvalue weighted by atomic mass is 79.9. The zero-order valence-electron chi connectivity index (χ0n) is 7.69. The quantitative estimate of drug-likeness (QED) is 0.616. The van der Waals surface area contributed by atoms with Gasteiger partial charge in [0, 0.05) is 11.8 Å². The molecule has 1 unspecified atom stereocenters. The second kappa shape index (κ2) is 6.81. The molecular weight excluding hydrogens is 226 g/mol. The first kappa shape index (κ1) is 12.3. The van der Waals surface area contributed by atoms with E-state index in [2.05, 4.69) is 29.8 Å². The van der Waals surface area contributed by atoms with Gasteiger partial charge in [-0.05, 0) is 24.7 Å². The van der Waals surface area contributed by atoms with E-state index in [4.69, 9.17) is 0 Å². The van der Waals surface area contributed by atoms with Crippen LogP contribution in [0.5, 0.6) is 0 Å². The molecule has 0 spiro atoms. The molecule has 0 fully saturated rings. The fourth-order valence-electron chi connectivity index (χ4n) is 1.12. The molecular formula is C9H17BrF2. The van der Waals surface area contributed by atoms with Crippen LogP contribution in [0.2, 0.25) is 0 Å². The Balaban J connectivity index is 3.45. The topological polar surface area (TPSA) is 0 Å². The lowest BCUT2D eigenvalue weighted by Crippen LogP contribution is -2.10. The highest BCUT2D eigenvalue weighted by molar-refractivity contribution is 9.09. The van der Waals surface area contributed by atoms with Gasteiger partial charge < -0.3 is 0 Å². The summed E-state index contributed by atoms with van der Waals surface area (Å²) < 4.78 is 23.6. The Morgan fingerprint density at radius 3 is 2.08 bits per heavy atom. The molecule has 0 saturated carbocycles. The minimum atomic E-state index is -2.13. The Morgan fingerprint density at radius 1 is 1.17 bits per heavy atom. The number of halogens is 3. The SMILES string of the molecule is CC(C)C(CBr)CCCC(F)F. The summed E-state index contributed by atoms with van der Waals surface area (Å²) in [5.74, 6) is 1.13. The van der Waals surface area contributed by atoms with Crippen LogP contribution in [-0.4, -0.2) is 11.8 Å². The van der Waals surface area contributed by atoms with E-state index in [-0.39, 0.29) is 6.42 Å². The zero-order valence-corrected chi connectivity index (χ0v) is 9.28. The molecule has 0 aliphatic carbocycles. The normalized spacial score (nSPS) is 14.2. The van der Waals surface area contributed by atoms with E-state index in [0.29, 0.717) is 18.3 Å². The second-order valence-electron chi connectivity index (χ2n) is 3.48. The Hall–Kier alpha value is 0.340. The summed E-state index contributed by atoms with van der Waals surface area (Å²) in [7, 11) is 0. The molecule has 0 aliphatic rings. The van der Waals surface area contributed by atoms with Crippen LogP contribution in [0.25, 0.3) is 0 Å². The molecule has 0 amide bonds. The predicted octanol–water partition coefficient (Wildman–Crippen LogP) is 4.09. The molecule has 0 N–H and O–H groups in total. The number of rotatable bonds is 6. The van der Waals surface area contributed by atoms with Crippen molar-refractivity contribution in [1.29, 1.82) is 0 Å². The standard InChI is InChI=1S/C9H17BrF2/c1-7(2)8(6-10)4-3-5-9(11)12/h7-9H,3-6H2,1-2H3. The van der Waals surface area contributed by atoms with Crippen LogP contribution in [0.4, 0.5) is 8.78 Å². The minimum absolute atomic E-state index is 0.0518. The van der Waals surface area contributed by atoms with Crippen molar-refractivity contribution in [3.05, 3.63) is 0 Å². The maximum Gasteiger partial charge on any atom is 0.238 e. The van der Waals surface area contributed by atoms with Crippen molar-refractivity contribution in [2.75, 3.05) is 5.33 Å². The Labute approximate surface area is 81.9 Å². The lowest BCUT2D eigenvalue weighted by Gasteiger charge is -2.17. The third-order valence-electron chi connectivity index (χ3n) is 2.14. The molecule has 0 rings (SSSR count). The second-order valence-corrected chi connectivity index (χ2v) is 4.13. The van der Waals surface area contributed by atoms with Gasteiger partial charge in [-0.15, -0.1) is 0 Å². The maximum atomic E-state index is 11.8. The van der Waals surface area contributed by atoms with Crippen LogP contribution < -0.4 is 0 Å². The van der Waals surface area contributed by atoms with Gasteiger partial charge >= 0.3 is 0 Å². The number of hydrogen-bond donors (Lipinski definition) is 0. The number of alkyl halides is 3. The minimum Gasteiger partial charge on any atom is -0.211 e. The third kappa shape index (κ3) is 5.92. The van der Waals surface area contributed by atoms with Crippen molar-refractivity contribution in [3.63, 3.8) is 0 Å². The molecule has 0 saturated heterocycles. The molecule has 0 aliphatic heterocycles. The van der Waals surface area contributed by atoms with E-state index >= 15 is 0 Å². The van der Waals surface area contributed by atoms with Crippen LogP contribution in [0, 0.1) is 11.8 Å². The lowest BCUT2D eigenvalue weighted by atomic mass is 9.93. The van der Waals surface area contributed by atoms with Gasteiger partial charge in [-0.3, -0.25) is 0 Å². The molecule has 3 heteroatoms. The van der Waals surface area contributed by atoms with Crippen molar-refractivity contribution in [3.8, 4) is 0 Å². The van der Waals surface area contributed by atoms with E-state index < -0.39 is 6.43 Å². The van der Waals surface area contributed by atoms with Crippen molar-refractivity contribution in [2.45, 2.75) is 39.5 Å². The van der Waals surface area contributed by atoms with Crippen LogP contribution in [0.3, 0.4) is 0 Å². The molecule has 0 aromatic carbocycles. The van der Waals surface area contributed by atoms with Gasteiger partial charge in [0.15, 0.2) is 0 Å². The Morgan fingerprint density at radius 2 is 1.75 bits per heavy atom. The monoisotopic (exact) mass is 242 g/mol. The molecule has 74 valence electrons. The van der Waals surface area contributed by atoms with Crippen LogP contribution in [0.1, 0.15) is 33.1 Å². The molecule has 0 heterocycles. The first-order valence-corrected chi connectivity index (χ1v) is 5.54. The summed E-state index contributed by atoms with van der Waals surface area (Å²) >= 11 is 3.40.